The number of anilines is 1. The van der Waals surface area contributed by atoms with Gasteiger partial charge in [-0.15, -0.1) is 0 Å². The van der Waals surface area contributed by atoms with Crippen LogP contribution in [-0.4, -0.2) is 36.6 Å². The van der Waals surface area contributed by atoms with Crippen LogP contribution >= 0.6 is 23.2 Å². The fraction of sp³-hybridized carbons (Fsp3) is 0.273. The summed E-state index contributed by atoms with van der Waals surface area (Å²) in [6.07, 6.45) is 4.40. The number of piperidine rings is 1. The van der Waals surface area contributed by atoms with Gasteiger partial charge in [0.05, 0.1) is 0 Å². The van der Waals surface area contributed by atoms with Crippen molar-refractivity contribution < 1.29 is 19.1 Å². The molecule has 0 radical (unpaired) electrons. The molecule has 2 heterocycles. The molecule has 0 aliphatic carbocycles. The third-order valence-electron chi connectivity index (χ3n) is 5.19. The predicted octanol–water partition coefficient (Wildman–Crippen LogP) is 4.61. The van der Waals surface area contributed by atoms with E-state index in [-0.39, 0.29) is 24.5 Å². The lowest BCUT2D eigenvalue weighted by atomic mass is 9.95. The zero-order valence-corrected chi connectivity index (χ0v) is 17.6. The Morgan fingerprint density at radius 2 is 1.80 bits per heavy atom. The van der Waals surface area contributed by atoms with E-state index in [4.69, 9.17) is 32.7 Å². The highest BCUT2D eigenvalue weighted by molar-refractivity contribution is 6.35. The van der Waals surface area contributed by atoms with Gasteiger partial charge in [0.1, 0.15) is 0 Å². The van der Waals surface area contributed by atoms with Crippen LogP contribution in [0.1, 0.15) is 18.4 Å². The van der Waals surface area contributed by atoms with Crippen LogP contribution in [0.25, 0.3) is 6.08 Å². The summed E-state index contributed by atoms with van der Waals surface area (Å²) in [5.41, 5.74) is 1.40. The minimum absolute atomic E-state index is 0.0514. The van der Waals surface area contributed by atoms with E-state index in [1.807, 2.05) is 0 Å². The van der Waals surface area contributed by atoms with Crippen molar-refractivity contribution in [2.45, 2.75) is 12.8 Å². The number of halogens is 2. The molecule has 0 atom stereocenters. The van der Waals surface area contributed by atoms with Crippen LogP contribution < -0.4 is 14.8 Å². The van der Waals surface area contributed by atoms with E-state index in [0.717, 1.165) is 5.56 Å². The van der Waals surface area contributed by atoms with Crippen LogP contribution in [0.4, 0.5) is 5.69 Å². The molecule has 1 fully saturated rings. The van der Waals surface area contributed by atoms with Crippen molar-refractivity contribution in [1.82, 2.24) is 4.90 Å². The molecule has 2 aliphatic rings. The highest BCUT2D eigenvalue weighted by Gasteiger charge is 2.27. The maximum Gasteiger partial charge on any atom is 0.246 e. The van der Waals surface area contributed by atoms with Crippen LogP contribution in [0.3, 0.4) is 0 Å². The van der Waals surface area contributed by atoms with E-state index in [1.54, 1.807) is 47.4 Å². The molecule has 8 heteroatoms. The summed E-state index contributed by atoms with van der Waals surface area (Å²) >= 11 is 12.0. The van der Waals surface area contributed by atoms with Crippen LogP contribution in [0, 0.1) is 5.92 Å². The van der Waals surface area contributed by atoms with E-state index in [2.05, 4.69) is 5.32 Å². The first kappa shape index (κ1) is 20.6. The number of likely N-dealkylation sites (tertiary alicyclic amines) is 1. The Morgan fingerprint density at radius 3 is 2.57 bits per heavy atom. The Morgan fingerprint density at radius 1 is 1.03 bits per heavy atom. The number of fused-ring (bicyclic) bond motifs is 1. The van der Waals surface area contributed by atoms with Gasteiger partial charge in [-0.2, -0.15) is 0 Å². The molecule has 0 aromatic heterocycles. The number of hydrogen-bond donors (Lipinski definition) is 1. The van der Waals surface area contributed by atoms with Crippen molar-refractivity contribution in [3.63, 3.8) is 0 Å². The molecular weight excluding hydrogens is 427 g/mol. The first-order valence-electron chi connectivity index (χ1n) is 9.62. The summed E-state index contributed by atoms with van der Waals surface area (Å²) in [4.78, 5) is 26.8. The van der Waals surface area contributed by atoms with Crippen molar-refractivity contribution in [3.8, 4) is 11.5 Å². The Kier molecular flexibility index (Phi) is 6.16. The molecule has 4 rings (SSSR count). The molecule has 2 aromatic carbocycles. The van der Waals surface area contributed by atoms with E-state index >= 15 is 0 Å². The number of hydrogen-bond acceptors (Lipinski definition) is 4. The van der Waals surface area contributed by atoms with Crippen molar-refractivity contribution in [2.75, 3.05) is 25.2 Å². The monoisotopic (exact) mass is 446 g/mol. The molecule has 0 saturated carbocycles. The third kappa shape index (κ3) is 4.71. The number of rotatable bonds is 4. The predicted molar refractivity (Wildman–Crippen MR) is 116 cm³/mol. The van der Waals surface area contributed by atoms with Crippen molar-refractivity contribution >= 4 is 46.8 Å². The Labute approximate surface area is 184 Å². The van der Waals surface area contributed by atoms with Gasteiger partial charge in [-0.25, -0.2) is 0 Å². The lowest BCUT2D eigenvalue weighted by Gasteiger charge is -2.30. The molecular formula is C22H20Cl2N2O4. The summed E-state index contributed by atoms with van der Waals surface area (Å²) in [6.45, 7) is 1.24. The first-order valence-corrected chi connectivity index (χ1v) is 10.4. The minimum Gasteiger partial charge on any atom is -0.454 e. The number of benzene rings is 2. The van der Waals surface area contributed by atoms with E-state index in [1.165, 1.54) is 6.08 Å². The van der Waals surface area contributed by atoms with Gasteiger partial charge < -0.3 is 19.7 Å². The zero-order valence-electron chi connectivity index (χ0n) is 16.1. The number of ether oxygens (including phenoxy) is 2. The van der Waals surface area contributed by atoms with Gasteiger partial charge in [-0.3, -0.25) is 9.59 Å². The number of carbonyl (C=O) groups excluding carboxylic acids is 2. The molecule has 0 unspecified atom stereocenters. The van der Waals surface area contributed by atoms with Gasteiger partial charge in [-0.05, 0) is 48.7 Å². The summed E-state index contributed by atoms with van der Waals surface area (Å²) < 4.78 is 10.6. The second kappa shape index (κ2) is 8.98. The van der Waals surface area contributed by atoms with Crippen LogP contribution in [0.5, 0.6) is 11.5 Å². The van der Waals surface area contributed by atoms with Gasteiger partial charge in [-0.1, -0.05) is 29.3 Å². The molecule has 156 valence electrons. The lowest BCUT2D eigenvalue weighted by molar-refractivity contribution is -0.130. The minimum atomic E-state index is -0.144. The fourth-order valence-corrected chi connectivity index (χ4v) is 3.96. The quantitative estimate of drug-likeness (QED) is 0.696. The lowest BCUT2D eigenvalue weighted by Crippen LogP contribution is -2.40. The number of amides is 2. The van der Waals surface area contributed by atoms with Crippen LogP contribution in [-0.2, 0) is 9.59 Å². The van der Waals surface area contributed by atoms with Crippen LogP contribution in [0.2, 0.25) is 10.0 Å². The Bertz CT molecular complexity index is 1000. The Hall–Kier alpha value is -2.70. The highest BCUT2D eigenvalue weighted by Crippen LogP contribution is 2.34. The second-order valence-corrected chi connectivity index (χ2v) is 8.00. The first-order chi connectivity index (χ1) is 14.5. The summed E-state index contributed by atoms with van der Waals surface area (Å²) in [6, 6.07) is 10.4. The molecule has 30 heavy (non-hydrogen) atoms. The molecule has 0 spiro atoms. The summed E-state index contributed by atoms with van der Waals surface area (Å²) in [5.74, 6) is 1.00. The number of nitrogens with one attached hydrogen (secondary N) is 1. The van der Waals surface area contributed by atoms with Gasteiger partial charge in [0.15, 0.2) is 11.5 Å². The number of nitrogens with zero attached hydrogens (tertiary/aromatic N) is 1. The summed E-state index contributed by atoms with van der Waals surface area (Å²) in [7, 11) is 0. The maximum atomic E-state index is 12.6. The van der Waals surface area contributed by atoms with E-state index < -0.39 is 0 Å². The van der Waals surface area contributed by atoms with Crippen LogP contribution in [0.15, 0.2) is 42.5 Å². The molecule has 1 N–H and O–H groups in total. The van der Waals surface area contributed by atoms with E-state index in [9.17, 15) is 9.59 Å². The molecule has 2 amide bonds. The topological polar surface area (TPSA) is 67.9 Å². The van der Waals surface area contributed by atoms with Gasteiger partial charge in [0.25, 0.3) is 0 Å². The molecule has 2 aliphatic heterocycles. The number of carbonyl (C=O) groups is 2. The van der Waals surface area contributed by atoms with Gasteiger partial charge in [0.2, 0.25) is 18.6 Å². The standard InChI is InChI=1S/C22H20Cl2N2O4/c23-16-3-1-14(18(24)11-16)2-6-21(27)26-9-7-15(8-10-26)22(28)25-17-4-5-19-20(12-17)30-13-29-19/h1-6,11-12,15H,7-10,13H2,(H,25,28). The average molecular weight is 447 g/mol. The highest BCUT2D eigenvalue weighted by atomic mass is 35.5. The maximum absolute atomic E-state index is 12.6. The molecule has 1 saturated heterocycles. The molecule has 0 bridgehead atoms. The molecule has 2 aromatic rings. The largest absolute Gasteiger partial charge is 0.454 e. The molecule has 6 nitrogen and oxygen atoms in total. The zero-order chi connectivity index (χ0) is 21.1. The van der Waals surface area contributed by atoms with Gasteiger partial charge in [0, 0.05) is 46.9 Å². The second-order valence-electron chi connectivity index (χ2n) is 7.16. The van der Waals surface area contributed by atoms with E-state index in [0.29, 0.717) is 53.2 Å². The SMILES string of the molecule is O=C(Nc1ccc2c(c1)OCO2)C1CCN(C(=O)C=Cc2ccc(Cl)cc2Cl)CC1. The van der Waals surface area contributed by atoms with Crippen molar-refractivity contribution in [1.29, 1.82) is 0 Å². The third-order valence-corrected chi connectivity index (χ3v) is 5.75. The summed E-state index contributed by atoms with van der Waals surface area (Å²) in [5, 5.41) is 3.96. The van der Waals surface area contributed by atoms with Crippen molar-refractivity contribution in [2.24, 2.45) is 5.92 Å². The smallest absolute Gasteiger partial charge is 0.246 e. The Balaban J connectivity index is 1.29. The average Bonchev–Trinajstić information content (AvgIpc) is 3.21. The van der Waals surface area contributed by atoms with Crippen molar-refractivity contribution in [3.05, 3.63) is 58.1 Å². The van der Waals surface area contributed by atoms with Gasteiger partial charge >= 0.3 is 0 Å². The fourth-order valence-electron chi connectivity index (χ4n) is 3.48. The normalized spacial score (nSPS) is 16.1.